The summed E-state index contributed by atoms with van der Waals surface area (Å²) in [5.41, 5.74) is 0. The molecule has 394 valence electrons. The molecule has 0 rings (SSSR count). The number of esters is 3. The number of hydrogen-bond acceptors (Lipinski definition) is 6. The van der Waals surface area contributed by atoms with Crippen LogP contribution in [0.5, 0.6) is 0 Å². The highest BCUT2D eigenvalue weighted by atomic mass is 16.6. The number of ether oxygens (including phenoxy) is 3. The number of allylic oxidation sites excluding steroid dienone is 28. The molecule has 0 aromatic carbocycles. The lowest BCUT2D eigenvalue weighted by molar-refractivity contribution is -0.167. The van der Waals surface area contributed by atoms with E-state index in [1.807, 2.05) is 134 Å². The second-order valence-electron chi connectivity index (χ2n) is 17.7. The summed E-state index contributed by atoms with van der Waals surface area (Å²) in [6.07, 6.45) is 84.7. The van der Waals surface area contributed by atoms with Gasteiger partial charge in [0.25, 0.3) is 0 Å². The molecule has 0 spiro atoms. The van der Waals surface area contributed by atoms with Crippen LogP contribution in [0.15, 0.2) is 170 Å². The first kappa shape index (κ1) is 65.8. The molecule has 0 aromatic rings. The number of carbonyl (C=O) groups excluding carboxylic acids is 3. The van der Waals surface area contributed by atoms with Gasteiger partial charge in [0.05, 0.1) is 0 Å². The zero-order chi connectivity index (χ0) is 51.4. The molecule has 0 aliphatic carbocycles. The quantitative estimate of drug-likeness (QED) is 0.0199. The van der Waals surface area contributed by atoms with Crippen molar-refractivity contribution in [3.05, 3.63) is 170 Å². The Balaban J connectivity index is 4.63. The van der Waals surface area contributed by atoms with E-state index in [1.165, 1.54) is 77.0 Å². The van der Waals surface area contributed by atoms with E-state index in [-0.39, 0.29) is 44.0 Å². The van der Waals surface area contributed by atoms with E-state index in [4.69, 9.17) is 14.2 Å². The van der Waals surface area contributed by atoms with Crippen LogP contribution in [0, 0.1) is 0 Å². The standard InChI is InChI=1S/C65H98O6/c1-4-7-10-13-16-19-22-25-28-31-32-35-37-40-43-46-49-52-55-58-64(67)70-61-62(71-65(68)59-56-53-50-47-44-41-38-34-30-27-24-21-18-15-12-9-6-3)60-69-63(66)57-54-51-48-45-42-39-36-33-29-26-23-20-17-14-11-8-5-2/h7,9-10,12-13,15-16,18-19,21-22,24-32,34-35,37-38,40-41,43-44,62H,4-6,8,11,14,17,20,23,33,36,39,42,45-61H2,1-3H3/b10-7-,12-9-,16-13-,18-15-,22-19-,24-21-,28-25-,29-26-,30-27-,32-31+,37-35-,38-34+,43-40-,44-41-. The Morgan fingerprint density at radius 1 is 0.296 bits per heavy atom. The van der Waals surface area contributed by atoms with Crippen LogP contribution in [-0.4, -0.2) is 37.2 Å². The Morgan fingerprint density at radius 3 is 0.915 bits per heavy atom. The predicted octanol–water partition coefficient (Wildman–Crippen LogP) is 18.8. The first-order valence-corrected chi connectivity index (χ1v) is 27.8. The third-order valence-corrected chi connectivity index (χ3v) is 11.0. The molecule has 0 saturated heterocycles. The van der Waals surface area contributed by atoms with Gasteiger partial charge in [0, 0.05) is 19.3 Å². The third kappa shape index (κ3) is 55.6. The SMILES string of the molecule is CC\C=C/C=C\C=C/C=C\C=C\C=C/C=C\CCCCCC(=O)OCC(COC(=O)CCCCCCCCC/C=C\CCCCCCCC)OC(=O)CCCCC\C=C/C=C/C=C\C=C/C=C\C=C/CC. The van der Waals surface area contributed by atoms with E-state index in [1.54, 1.807) is 0 Å². The molecule has 6 heteroatoms. The van der Waals surface area contributed by atoms with Crippen molar-refractivity contribution in [3.8, 4) is 0 Å². The Labute approximate surface area is 434 Å². The van der Waals surface area contributed by atoms with E-state index in [2.05, 4.69) is 57.2 Å². The number of carbonyl (C=O) groups is 3. The summed E-state index contributed by atoms with van der Waals surface area (Å²) in [6, 6.07) is 0. The molecule has 6 nitrogen and oxygen atoms in total. The van der Waals surface area contributed by atoms with Crippen molar-refractivity contribution < 1.29 is 28.6 Å². The van der Waals surface area contributed by atoms with E-state index in [0.717, 1.165) is 70.6 Å². The summed E-state index contributed by atoms with van der Waals surface area (Å²) in [5, 5.41) is 0. The van der Waals surface area contributed by atoms with Crippen molar-refractivity contribution in [3.63, 3.8) is 0 Å². The average molecular weight is 975 g/mol. The highest BCUT2D eigenvalue weighted by Gasteiger charge is 2.19. The highest BCUT2D eigenvalue weighted by molar-refractivity contribution is 5.71. The van der Waals surface area contributed by atoms with Crippen LogP contribution in [-0.2, 0) is 28.6 Å². The Bertz CT molecular complexity index is 1690. The Morgan fingerprint density at radius 2 is 0.563 bits per heavy atom. The molecule has 0 aliphatic rings. The summed E-state index contributed by atoms with van der Waals surface area (Å²) in [6.45, 7) is 6.24. The van der Waals surface area contributed by atoms with Crippen molar-refractivity contribution in [1.29, 1.82) is 0 Å². The summed E-state index contributed by atoms with van der Waals surface area (Å²) in [5.74, 6) is -1.03. The van der Waals surface area contributed by atoms with Gasteiger partial charge in [-0.3, -0.25) is 14.4 Å². The highest BCUT2D eigenvalue weighted by Crippen LogP contribution is 2.13. The second kappa shape index (κ2) is 57.3. The fourth-order valence-electron chi connectivity index (χ4n) is 6.92. The van der Waals surface area contributed by atoms with Crippen LogP contribution in [0.1, 0.15) is 201 Å². The van der Waals surface area contributed by atoms with Gasteiger partial charge < -0.3 is 14.2 Å². The third-order valence-electron chi connectivity index (χ3n) is 11.0. The molecular formula is C65H98O6. The minimum absolute atomic E-state index is 0.122. The summed E-state index contributed by atoms with van der Waals surface area (Å²) in [7, 11) is 0. The van der Waals surface area contributed by atoms with Gasteiger partial charge in [-0.1, -0.05) is 268 Å². The van der Waals surface area contributed by atoms with Crippen LogP contribution in [0.3, 0.4) is 0 Å². The molecule has 1 atom stereocenters. The molecule has 0 radical (unpaired) electrons. The topological polar surface area (TPSA) is 78.9 Å². The predicted molar refractivity (Wildman–Crippen MR) is 306 cm³/mol. The van der Waals surface area contributed by atoms with E-state index in [9.17, 15) is 14.4 Å². The largest absolute Gasteiger partial charge is 0.462 e. The molecular weight excluding hydrogens is 877 g/mol. The average Bonchev–Trinajstić information content (AvgIpc) is 3.37. The maximum atomic E-state index is 12.8. The normalized spacial score (nSPS) is 13.5. The maximum absolute atomic E-state index is 12.8. The number of rotatable bonds is 47. The fraction of sp³-hybridized carbons (Fsp3) is 0.523. The van der Waals surface area contributed by atoms with Crippen molar-refractivity contribution >= 4 is 17.9 Å². The monoisotopic (exact) mass is 975 g/mol. The van der Waals surface area contributed by atoms with Gasteiger partial charge in [-0.2, -0.15) is 0 Å². The lowest BCUT2D eigenvalue weighted by Crippen LogP contribution is -2.30. The van der Waals surface area contributed by atoms with Gasteiger partial charge in [-0.25, -0.2) is 0 Å². The molecule has 0 aromatic heterocycles. The summed E-state index contributed by atoms with van der Waals surface area (Å²) < 4.78 is 16.8. The molecule has 1 unspecified atom stereocenters. The zero-order valence-corrected chi connectivity index (χ0v) is 44.9. The Kier molecular flexibility index (Phi) is 53.1. The molecule has 0 amide bonds. The van der Waals surface area contributed by atoms with E-state index < -0.39 is 6.10 Å². The fourth-order valence-corrected chi connectivity index (χ4v) is 6.92. The molecule has 0 heterocycles. The Hall–Kier alpha value is -5.23. The molecule has 0 N–H and O–H groups in total. The van der Waals surface area contributed by atoms with Crippen molar-refractivity contribution in [2.45, 2.75) is 207 Å². The first-order valence-electron chi connectivity index (χ1n) is 27.8. The van der Waals surface area contributed by atoms with Gasteiger partial charge in [-0.05, 0) is 83.5 Å². The van der Waals surface area contributed by atoms with Crippen LogP contribution in [0.25, 0.3) is 0 Å². The maximum Gasteiger partial charge on any atom is 0.306 e. The van der Waals surface area contributed by atoms with Crippen LogP contribution in [0.4, 0.5) is 0 Å². The number of unbranched alkanes of at least 4 members (excludes halogenated alkanes) is 19. The second-order valence-corrected chi connectivity index (χ2v) is 17.7. The molecule has 71 heavy (non-hydrogen) atoms. The minimum atomic E-state index is -0.833. The van der Waals surface area contributed by atoms with Gasteiger partial charge in [0.1, 0.15) is 13.2 Å². The van der Waals surface area contributed by atoms with Crippen molar-refractivity contribution in [2.24, 2.45) is 0 Å². The van der Waals surface area contributed by atoms with E-state index in [0.29, 0.717) is 19.3 Å². The van der Waals surface area contributed by atoms with Gasteiger partial charge in [-0.15, -0.1) is 0 Å². The summed E-state index contributed by atoms with van der Waals surface area (Å²) >= 11 is 0. The van der Waals surface area contributed by atoms with Crippen molar-refractivity contribution in [2.75, 3.05) is 13.2 Å². The molecule has 0 aliphatic heterocycles. The first-order chi connectivity index (χ1) is 35.0. The molecule has 0 fully saturated rings. The minimum Gasteiger partial charge on any atom is -0.462 e. The van der Waals surface area contributed by atoms with Crippen LogP contribution in [0.2, 0.25) is 0 Å². The molecule has 0 bridgehead atoms. The lowest BCUT2D eigenvalue weighted by Gasteiger charge is -2.18. The number of hydrogen-bond donors (Lipinski definition) is 0. The van der Waals surface area contributed by atoms with Gasteiger partial charge in [0.2, 0.25) is 0 Å². The zero-order valence-electron chi connectivity index (χ0n) is 44.9. The lowest BCUT2D eigenvalue weighted by atomic mass is 10.1. The van der Waals surface area contributed by atoms with Crippen LogP contribution >= 0.6 is 0 Å². The summed E-state index contributed by atoms with van der Waals surface area (Å²) in [4.78, 5) is 38.1. The van der Waals surface area contributed by atoms with E-state index >= 15 is 0 Å². The van der Waals surface area contributed by atoms with Gasteiger partial charge in [0.15, 0.2) is 6.10 Å². The van der Waals surface area contributed by atoms with Crippen LogP contribution < -0.4 is 0 Å². The van der Waals surface area contributed by atoms with Gasteiger partial charge >= 0.3 is 17.9 Å². The molecule has 0 saturated carbocycles. The van der Waals surface area contributed by atoms with Crippen molar-refractivity contribution in [1.82, 2.24) is 0 Å². The smallest absolute Gasteiger partial charge is 0.306 e.